The lowest BCUT2D eigenvalue weighted by molar-refractivity contribution is 0.112. The third-order valence-electron chi connectivity index (χ3n) is 1.83. The molecule has 1 heterocycles. The Labute approximate surface area is 83.5 Å². The van der Waals surface area contributed by atoms with Gasteiger partial charge in [0.15, 0.2) is 0 Å². The second-order valence-corrected chi connectivity index (χ2v) is 3.72. The zero-order chi connectivity index (χ0) is 9.42. The number of hydrogen-bond acceptors (Lipinski definition) is 2. The molecule has 0 bridgehead atoms. The Kier molecular flexibility index (Phi) is 1.92. The molecule has 0 aliphatic rings. The number of hydrogen-bond donors (Lipinski definition) is 0. The molecule has 0 spiro atoms. The Hall–Kier alpha value is -1.16. The highest BCUT2D eigenvalue weighted by Crippen LogP contribution is 2.23. The van der Waals surface area contributed by atoms with Crippen LogP contribution in [0.1, 0.15) is 10.4 Å². The number of fused-ring (bicyclic) bond motifs is 1. The topological polar surface area (TPSA) is 34.9 Å². The molecule has 3 nitrogen and oxygen atoms in total. The molecule has 0 amide bonds. The first-order chi connectivity index (χ1) is 6.20. The summed E-state index contributed by atoms with van der Waals surface area (Å²) in [6.45, 7) is 0. The molecule has 0 N–H and O–H groups in total. The van der Waals surface area contributed by atoms with Gasteiger partial charge in [0, 0.05) is 28.7 Å². The lowest BCUT2D eigenvalue weighted by Crippen LogP contribution is -1.85. The number of aldehydes is 1. The minimum Gasteiger partial charge on any atom is -0.298 e. The van der Waals surface area contributed by atoms with Crippen LogP contribution in [0.2, 0.25) is 0 Å². The van der Waals surface area contributed by atoms with E-state index in [1.54, 1.807) is 10.7 Å². The minimum atomic E-state index is 0.660. The van der Waals surface area contributed by atoms with Gasteiger partial charge in [-0.25, -0.2) is 0 Å². The third-order valence-corrected chi connectivity index (χ3v) is 2.44. The molecule has 1 aromatic heterocycles. The van der Waals surface area contributed by atoms with Crippen LogP contribution in [0.4, 0.5) is 0 Å². The van der Waals surface area contributed by atoms with Crippen LogP contribution in [0.3, 0.4) is 0 Å². The van der Waals surface area contributed by atoms with E-state index in [0.29, 0.717) is 5.56 Å². The van der Waals surface area contributed by atoms with E-state index in [1.165, 1.54) is 0 Å². The van der Waals surface area contributed by atoms with Gasteiger partial charge >= 0.3 is 0 Å². The van der Waals surface area contributed by atoms with Crippen LogP contribution in [0, 0.1) is 0 Å². The maximum absolute atomic E-state index is 10.6. The highest BCUT2D eigenvalue weighted by Gasteiger charge is 2.04. The second-order valence-electron chi connectivity index (χ2n) is 2.86. The van der Waals surface area contributed by atoms with Crippen molar-refractivity contribution >= 4 is 33.1 Å². The van der Waals surface area contributed by atoms with E-state index in [1.807, 2.05) is 19.3 Å². The zero-order valence-corrected chi connectivity index (χ0v) is 8.58. The maximum Gasteiger partial charge on any atom is 0.150 e. The van der Waals surface area contributed by atoms with Gasteiger partial charge in [-0.05, 0) is 28.1 Å². The predicted molar refractivity (Wildman–Crippen MR) is 53.8 cm³/mol. The molecule has 2 aromatic rings. The lowest BCUT2D eigenvalue weighted by atomic mass is 10.2. The predicted octanol–water partition coefficient (Wildman–Crippen LogP) is 2.15. The van der Waals surface area contributed by atoms with Gasteiger partial charge < -0.3 is 0 Å². The van der Waals surface area contributed by atoms with Crippen molar-refractivity contribution in [2.45, 2.75) is 0 Å². The van der Waals surface area contributed by atoms with Crippen molar-refractivity contribution < 1.29 is 4.79 Å². The maximum atomic E-state index is 10.6. The molecule has 2 rings (SSSR count). The second kappa shape index (κ2) is 2.96. The molecule has 0 saturated carbocycles. The van der Waals surface area contributed by atoms with E-state index in [2.05, 4.69) is 21.0 Å². The first-order valence-electron chi connectivity index (χ1n) is 3.79. The fourth-order valence-corrected chi connectivity index (χ4v) is 1.87. The summed E-state index contributed by atoms with van der Waals surface area (Å²) in [5.74, 6) is 0. The molecule has 0 aliphatic heterocycles. The van der Waals surface area contributed by atoms with Gasteiger partial charge in [0.1, 0.15) is 11.8 Å². The van der Waals surface area contributed by atoms with Crippen LogP contribution in [0.15, 0.2) is 22.8 Å². The van der Waals surface area contributed by atoms with E-state index in [9.17, 15) is 4.79 Å². The molecule has 13 heavy (non-hydrogen) atoms. The van der Waals surface area contributed by atoms with Crippen LogP contribution in [0.5, 0.6) is 0 Å². The van der Waals surface area contributed by atoms with E-state index in [4.69, 9.17) is 0 Å². The first kappa shape index (κ1) is 8.44. The number of carbonyl (C=O) groups is 1. The summed E-state index contributed by atoms with van der Waals surface area (Å²) in [7, 11) is 1.85. The van der Waals surface area contributed by atoms with Gasteiger partial charge in [0.2, 0.25) is 0 Å². The van der Waals surface area contributed by atoms with E-state index >= 15 is 0 Å². The summed E-state index contributed by atoms with van der Waals surface area (Å²) in [4.78, 5) is 10.6. The van der Waals surface area contributed by atoms with Crippen LogP contribution < -0.4 is 0 Å². The van der Waals surface area contributed by atoms with Crippen molar-refractivity contribution in [2.24, 2.45) is 7.05 Å². The van der Waals surface area contributed by atoms with Gasteiger partial charge in [0.25, 0.3) is 0 Å². The van der Waals surface area contributed by atoms with Crippen LogP contribution in [0.25, 0.3) is 10.9 Å². The summed E-state index contributed by atoms with van der Waals surface area (Å²) >= 11 is 3.37. The van der Waals surface area contributed by atoms with Crippen molar-refractivity contribution in [1.82, 2.24) is 9.78 Å². The van der Waals surface area contributed by atoms with Gasteiger partial charge in [-0.1, -0.05) is 0 Å². The number of aryl methyl sites for hydroxylation is 1. The Morgan fingerprint density at radius 3 is 3.00 bits per heavy atom. The summed E-state index contributed by atoms with van der Waals surface area (Å²) in [6, 6.07) is 3.59. The van der Waals surface area contributed by atoms with Gasteiger partial charge in [-0.15, -0.1) is 0 Å². The van der Waals surface area contributed by atoms with Crippen molar-refractivity contribution in [2.75, 3.05) is 0 Å². The smallest absolute Gasteiger partial charge is 0.150 e. The number of carbonyl (C=O) groups excluding carboxylic acids is 1. The normalized spacial score (nSPS) is 10.6. The molecule has 66 valence electrons. The Morgan fingerprint density at radius 1 is 1.54 bits per heavy atom. The molecule has 0 unspecified atom stereocenters. The summed E-state index contributed by atoms with van der Waals surface area (Å²) in [5.41, 5.74) is 1.54. The lowest BCUT2D eigenvalue weighted by Gasteiger charge is -1.93. The molecule has 4 heteroatoms. The number of aromatic nitrogens is 2. The molecule has 0 saturated heterocycles. The number of rotatable bonds is 1. The van der Waals surface area contributed by atoms with Crippen molar-refractivity contribution in [1.29, 1.82) is 0 Å². The summed E-state index contributed by atoms with van der Waals surface area (Å²) in [5, 5.41) is 5.21. The molecule has 0 fully saturated rings. The SMILES string of the molecule is Cn1cc2cc(C=O)cc(Br)c2n1. The molecule has 1 aromatic carbocycles. The first-order valence-corrected chi connectivity index (χ1v) is 4.58. The fraction of sp³-hybridized carbons (Fsp3) is 0.111. The Morgan fingerprint density at radius 2 is 2.31 bits per heavy atom. The van der Waals surface area contributed by atoms with E-state index in [0.717, 1.165) is 21.7 Å². The van der Waals surface area contributed by atoms with Crippen LogP contribution in [-0.4, -0.2) is 16.1 Å². The van der Waals surface area contributed by atoms with Crippen molar-refractivity contribution in [3.8, 4) is 0 Å². The molecule has 0 atom stereocenters. The van der Waals surface area contributed by atoms with Crippen molar-refractivity contribution in [3.05, 3.63) is 28.4 Å². The Balaban J connectivity index is 2.82. The quantitative estimate of drug-likeness (QED) is 0.714. The van der Waals surface area contributed by atoms with Crippen molar-refractivity contribution in [3.63, 3.8) is 0 Å². The monoisotopic (exact) mass is 238 g/mol. The van der Waals surface area contributed by atoms with Gasteiger partial charge in [0.05, 0.1) is 0 Å². The highest BCUT2D eigenvalue weighted by atomic mass is 79.9. The standard InChI is InChI=1S/C9H7BrN2O/c1-12-4-7-2-6(5-13)3-8(10)9(7)11-12/h2-5H,1H3. The molecule has 0 radical (unpaired) electrons. The molecular weight excluding hydrogens is 232 g/mol. The third kappa shape index (κ3) is 1.37. The summed E-state index contributed by atoms with van der Waals surface area (Å²) < 4.78 is 2.58. The zero-order valence-electron chi connectivity index (χ0n) is 6.99. The number of halogens is 1. The minimum absolute atomic E-state index is 0.660. The average molecular weight is 239 g/mol. The fourth-order valence-electron chi connectivity index (χ4n) is 1.30. The number of benzene rings is 1. The number of nitrogens with zero attached hydrogens (tertiary/aromatic N) is 2. The van der Waals surface area contributed by atoms with E-state index < -0.39 is 0 Å². The summed E-state index contributed by atoms with van der Waals surface area (Å²) in [6.07, 6.45) is 2.71. The largest absolute Gasteiger partial charge is 0.298 e. The van der Waals surface area contributed by atoms with Gasteiger partial charge in [-0.3, -0.25) is 9.48 Å². The van der Waals surface area contributed by atoms with Crippen LogP contribution in [-0.2, 0) is 7.05 Å². The molecular formula is C9H7BrN2O. The Bertz CT molecular complexity index is 476. The van der Waals surface area contributed by atoms with E-state index in [-0.39, 0.29) is 0 Å². The van der Waals surface area contributed by atoms with Gasteiger partial charge in [-0.2, -0.15) is 5.10 Å². The average Bonchev–Trinajstić information content (AvgIpc) is 2.46. The molecule has 0 aliphatic carbocycles. The highest BCUT2D eigenvalue weighted by molar-refractivity contribution is 9.10. The van der Waals surface area contributed by atoms with Crippen LogP contribution >= 0.6 is 15.9 Å².